The number of hydrogen-bond acceptors (Lipinski definition) is 3. The zero-order chi connectivity index (χ0) is 9.80. The third-order valence-electron chi connectivity index (χ3n) is 1.85. The fourth-order valence-corrected chi connectivity index (χ4v) is 2.22. The number of para-hydroxylation sites is 1. The zero-order valence-electron chi connectivity index (χ0n) is 7.56. The van der Waals surface area contributed by atoms with Crippen molar-refractivity contribution in [1.29, 1.82) is 0 Å². The summed E-state index contributed by atoms with van der Waals surface area (Å²) in [5.41, 5.74) is 1.07. The predicted octanol–water partition coefficient (Wildman–Crippen LogP) is 2.92. The number of benzene rings is 1. The van der Waals surface area contributed by atoms with E-state index in [0.29, 0.717) is 0 Å². The molecule has 0 spiro atoms. The Kier molecular flexibility index (Phi) is 3.16. The smallest absolute Gasteiger partial charge is 0.161 e. The van der Waals surface area contributed by atoms with Gasteiger partial charge in [0.2, 0.25) is 0 Å². The van der Waals surface area contributed by atoms with Crippen LogP contribution in [0.15, 0.2) is 35.3 Å². The average Bonchev–Trinajstić information content (AvgIpc) is 2.19. The monoisotopic (exact) mass is 222 g/mol. The molecule has 2 rings (SSSR count). The summed E-state index contributed by atoms with van der Waals surface area (Å²) in [5.74, 6) is 2.00. The van der Waals surface area contributed by atoms with Crippen LogP contribution in [0, 0.1) is 0 Å². The molecule has 2 nitrogen and oxygen atoms in total. The minimum Gasteiger partial charge on any atom is -0.344 e. The van der Waals surface area contributed by atoms with Crippen molar-refractivity contribution in [2.45, 2.75) is 6.42 Å². The molecule has 1 aromatic rings. The van der Waals surface area contributed by atoms with E-state index in [4.69, 9.17) is 12.2 Å². The van der Waals surface area contributed by atoms with E-state index >= 15 is 0 Å². The molecule has 1 N–H and O–H groups in total. The molecule has 0 unspecified atom stereocenters. The van der Waals surface area contributed by atoms with Crippen LogP contribution in [0.25, 0.3) is 0 Å². The van der Waals surface area contributed by atoms with Crippen molar-refractivity contribution in [3.63, 3.8) is 0 Å². The molecule has 1 aromatic carbocycles. The maximum atomic E-state index is 5.03. The highest BCUT2D eigenvalue weighted by Crippen LogP contribution is 2.16. The Balaban J connectivity index is 2.08. The summed E-state index contributed by atoms with van der Waals surface area (Å²) in [4.78, 5) is 4.28. The number of rotatable bonds is 1. The summed E-state index contributed by atoms with van der Waals surface area (Å²) in [6.45, 7) is 0. The lowest BCUT2D eigenvalue weighted by molar-refractivity contribution is 1.28. The van der Waals surface area contributed by atoms with Crippen molar-refractivity contribution in [3.05, 3.63) is 30.3 Å². The van der Waals surface area contributed by atoms with E-state index in [-0.39, 0.29) is 0 Å². The van der Waals surface area contributed by atoms with E-state index in [1.54, 1.807) is 11.8 Å². The summed E-state index contributed by atoms with van der Waals surface area (Å²) in [7, 11) is 0. The first-order valence-corrected chi connectivity index (χ1v) is 5.80. The average molecular weight is 222 g/mol. The molecule has 1 aliphatic rings. The summed E-state index contributed by atoms with van der Waals surface area (Å²) < 4.78 is 0.731. The van der Waals surface area contributed by atoms with Crippen LogP contribution in [0.1, 0.15) is 6.42 Å². The number of aliphatic imine (C=N–C) groups is 1. The highest BCUT2D eigenvalue weighted by Gasteiger charge is 2.08. The molecule has 0 aromatic heterocycles. The van der Waals surface area contributed by atoms with E-state index in [0.717, 1.165) is 28.0 Å². The minimum absolute atomic E-state index is 0.731. The van der Waals surface area contributed by atoms with Crippen LogP contribution < -0.4 is 5.32 Å². The van der Waals surface area contributed by atoms with Gasteiger partial charge in [0.15, 0.2) is 4.32 Å². The standard InChI is InChI=1S/C10H10N2S2/c13-10-12-9(6-7-14-10)11-8-4-2-1-3-5-8/h1-5H,6-7H2,(H,11,12,13). The van der Waals surface area contributed by atoms with Gasteiger partial charge in [0.1, 0.15) is 5.84 Å². The second-order valence-electron chi connectivity index (χ2n) is 2.91. The van der Waals surface area contributed by atoms with Crippen molar-refractivity contribution in [2.75, 3.05) is 11.1 Å². The highest BCUT2D eigenvalue weighted by molar-refractivity contribution is 8.23. The van der Waals surface area contributed by atoms with Gasteiger partial charge in [-0.1, -0.05) is 42.2 Å². The van der Waals surface area contributed by atoms with Gasteiger partial charge in [-0.3, -0.25) is 0 Å². The number of hydrogen-bond donors (Lipinski definition) is 1. The first kappa shape index (κ1) is 9.68. The number of nitrogens with one attached hydrogen (secondary N) is 1. The molecular formula is C10H10N2S2. The molecule has 0 fully saturated rings. The Labute approximate surface area is 92.8 Å². The van der Waals surface area contributed by atoms with Gasteiger partial charge in [-0.05, 0) is 12.1 Å². The summed E-state index contributed by atoms with van der Waals surface area (Å²) >= 11 is 6.67. The summed E-state index contributed by atoms with van der Waals surface area (Å²) in [5, 5.41) is 3.26. The molecule has 0 saturated heterocycles. The fourth-order valence-electron chi connectivity index (χ4n) is 1.21. The summed E-state index contributed by atoms with van der Waals surface area (Å²) in [6, 6.07) is 10.0. The fraction of sp³-hybridized carbons (Fsp3) is 0.200. The molecule has 0 amide bonds. The molecule has 0 aliphatic carbocycles. The highest BCUT2D eigenvalue weighted by atomic mass is 32.2. The Hall–Kier alpha value is -0.870. The number of thioether (sulfide) groups is 1. The SMILES string of the molecule is S=C1N=C(Nc2ccccc2)CCS1. The largest absolute Gasteiger partial charge is 0.344 e. The zero-order valence-corrected chi connectivity index (χ0v) is 9.20. The molecule has 4 heteroatoms. The second-order valence-corrected chi connectivity index (χ2v) is 4.64. The molecule has 0 radical (unpaired) electrons. The minimum atomic E-state index is 0.731. The lowest BCUT2D eigenvalue weighted by Crippen LogP contribution is -2.17. The number of thiocarbonyl (C=S) groups is 1. The second kappa shape index (κ2) is 4.57. The Morgan fingerprint density at radius 3 is 2.79 bits per heavy atom. The van der Waals surface area contributed by atoms with Crippen LogP contribution in [-0.2, 0) is 0 Å². The maximum Gasteiger partial charge on any atom is 0.161 e. The molecular weight excluding hydrogens is 212 g/mol. The first-order valence-electron chi connectivity index (χ1n) is 4.41. The third-order valence-corrected chi connectivity index (χ3v) is 3.04. The van der Waals surface area contributed by atoms with Crippen LogP contribution in [0.5, 0.6) is 0 Å². The van der Waals surface area contributed by atoms with Crippen molar-refractivity contribution in [3.8, 4) is 0 Å². The molecule has 0 atom stereocenters. The van der Waals surface area contributed by atoms with Gasteiger partial charge in [0.25, 0.3) is 0 Å². The number of anilines is 1. The van der Waals surface area contributed by atoms with E-state index in [1.807, 2.05) is 30.3 Å². The van der Waals surface area contributed by atoms with E-state index in [1.165, 1.54) is 0 Å². The van der Waals surface area contributed by atoms with Crippen LogP contribution >= 0.6 is 24.0 Å². The Morgan fingerprint density at radius 1 is 1.29 bits per heavy atom. The van der Waals surface area contributed by atoms with Gasteiger partial charge in [-0.25, -0.2) is 4.99 Å². The predicted molar refractivity (Wildman–Crippen MR) is 67.2 cm³/mol. The first-order chi connectivity index (χ1) is 6.84. The maximum absolute atomic E-state index is 5.03. The molecule has 14 heavy (non-hydrogen) atoms. The molecule has 0 bridgehead atoms. The van der Waals surface area contributed by atoms with E-state index in [2.05, 4.69) is 10.3 Å². The molecule has 1 heterocycles. The van der Waals surface area contributed by atoms with E-state index in [9.17, 15) is 0 Å². The van der Waals surface area contributed by atoms with Gasteiger partial charge < -0.3 is 5.32 Å². The lowest BCUT2D eigenvalue weighted by Gasteiger charge is -2.13. The number of amidine groups is 1. The van der Waals surface area contributed by atoms with E-state index < -0.39 is 0 Å². The molecule has 1 aliphatic heterocycles. The van der Waals surface area contributed by atoms with Crippen LogP contribution in [0.4, 0.5) is 5.69 Å². The normalized spacial score (nSPS) is 16.3. The number of nitrogens with zero attached hydrogens (tertiary/aromatic N) is 1. The van der Waals surface area contributed by atoms with Gasteiger partial charge in [-0.15, -0.1) is 0 Å². The van der Waals surface area contributed by atoms with Gasteiger partial charge in [0, 0.05) is 17.9 Å². The Morgan fingerprint density at radius 2 is 2.07 bits per heavy atom. The van der Waals surface area contributed by atoms with Gasteiger partial charge in [-0.2, -0.15) is 0 Å². The molecule has 72 valence electrons. The van der Waals surface area contributed by atoms with Gasteiger partial charge >= 0.3 is 0 Å². The lowest BCUT2D eigenvalue weighted by atomic mass is 10.3. The topological polar surface area (TPSA) is 24.4 Å². The summed E-state index contributed by atoms with van der Waals surface area (Å²) in [6.07, 6.45) is 0.958. The van der Waals surface area contributed by atoms with Crippen molar-refractivity contribution in [1.82, 2.24) is 0 Å². The third kappa shape index (κ3) is 2.56. The van der Waals surface area contributed by atoms with Crippen LogP contribution in [-0.4, -0.2) is 15.9 Å². The van der Waals surface area contributed by atoms with Crippen molar-refractivity contribution < 1.29 is 0 Å². The molecule has 0 saturated carbocycles. The Bertz CT molecular complexity index is 360. The van der Waals surface area contributed by atoms with Crippen LogP contribution in [0.3, 0.4) is 0 Å². The van der Waals surface area contributed by atoms with Crippen LogP contribution in [0.2, 0.25) is 0 Å². The van der Waals surface area contributed by atoms with Gasteiger partial charge in [0.05, 0.1) is 0 Å². The van der Waals surface area contributed by atoms with Crippen molar-refractivity contribution in [2.24, 2.45) is 4.99 Å². The van der Waals surface area contributed by atoms with Crippen molar-refractivity contribution >= 4 is 39.8 Å². The quantitative estimate of drug-likeness (QED) is 0.739.